The van der Waals surface area contributed by atoms with Gasteiger partial charge in [-0.1, -0.05) is 52.0 Å². The monoisotopic (exact) mass is 310 g/mol. The van der Waals surface area contributed by atoms with Gasteiger partial charge in [-0.15, -0.1) is 0 Å². The van der Waals surface area contributed by atoms with Crippen LogP contribution < -0.4 is 5.73 Å². The molecule has 0 aromatic carbocycles. The maximum Gasteiger partial charge on any atom is 0.119 e. The van der Waals surface area contributed by atoms with Gasteiger partial charge in [0.05, 0.1) is 6.61 Å². The van der Waals surface area contributed by atoms with Crippen LogP contribution in [-0.2, 0) is 4.74 Å². The van der Waals surface area contributed by atoms with Crippen molar-refractivity contribution in [3.63, 3.8) is 0 Å². The minimum Gasteiger partial charge on any atom is -0.401 e. The summed E-state index contributed by atoms with van der Waals surface area (Å²) in [7, 11) is 0. The van der Waals surface area contributed by atoms with Crippen LogP contribution in [-0.4, -0.2) is 29.8 Å². The predicted octanol–water partition coefficient (Wildman–Crippen LogP) is 4.82. The molecule has 1 heterocycles. The van der Waals surface area contributed by atoms with E-state index < -0.39 is 0 Å². The van der Waals surface area contributed by atoms with Gasteiger partial charge in [0, 0.05) is 18.3 Å². The lowest BCUT2D eigenvalue weighted by Gasteiger charge is -2.38. The van der Waals surface area contributed by atoms with Crippen molar-refractivity contribution in [1.29, 1.82) is 0 Å². The summed E-state index contributed by atoms with van der Waals surface area (Å²) in [6.45, 7) is 10.8. The fraction of sp³-hybridized carbons (Fsp3) is 0.895. The van der Waals surface area contributed by atoms with E-state index in [1.54, 1.807) is 0 Å². The van der Waals surface area contributed by atoms with Gasteiger partial charge in [-0.3, -0.25) is 4.90 Å². The summed E-state index contributed by atoms with van der Waals surface area (Å²) >= 11 is 0. The molecule has 2 N–H and O–H groups in total. The molecule has 0 aromatic heterocycles. The van der Waals surface area contributed by atoms with Crippen LogP contribution in [0, 0.1) is 0 Å². The van der Waals surface area contributed by atoms with Gasteiger partial charge in [0.25, 0.3) is 0 Å². The topological polar surface area (TPSA) is 38.5 Å². The second kappa shape index (κ2) is 10.3. The third-order valence-corrected chi connectivity index (χ3v) is 4.98. The number of unbranched alkanes of at least 4 members (excludes halogenated alkanes) is 6. The normalized spacial score (nSPS) is 24.8. The molecule has 0 radical (unpaired) electrons. The number of ether oxygens (including phenoxy) is 1. The maximum atomic E-state index is 6.34. The first-order valence-corrected chi connectivity index (χ1v) is 9.41. The Morgan fingerprint density at radius 3 is 2.55 bits per heavy atom. The molecule has 2 atom stereocenters. The van der Waals surface area contributed by atoms with E-state index in [9.17, 15) is 0 Å². The molecule has 1 aliphatic rings. The van der Waals surface area contributed by atoms with Crippen LogP contribution in [0.4, 0.5) is 0 Å². The van der Waals surface area contributed by atoms with Crippen molar-refractivity contribution in [2.45, 2.75) is 97.2 Å². The summed E-state index contributed by atoms with van der Waals surface area (Å²) in [5.74, 6) is 0. The van der Waals surface area contributed by atoms with Crippen molar-refractivity contribution in [1.82, 2.24) is 4.90 Å². The van der Waals surface area contributed by atoms with Crippen molar-refractivity contribution >= 4 is 0 Å². The minimum absolute atomic E-state index is 0.130. The molecule has 0 amide bonds. The van der Waals surface area contributed by atoms with Crippen LogP contribution in [0.25, 0.3) is 0 Å². The average molecular weight is 311 g/mol. The molecule has 0 bridgehead atoms. The first-order valence-electron chi connectivity index (χ1n) is 9.41. The quantitative estimate of drug-likeness (QED) is 0.556. The lowest BCUT2D eigenvalue weighted by atomic mass is 10.0. The van der Waals surface area contributed by atoms with Crippen molar-refractivity contribution in [3.05, 3.63) is 11.8 Å². The maximum absolute atomic E-state index is 6.34. The Hall–Kier alpha value is -0.540. The molecule has 1 rings (SSSR count). The first kappa shape index (κ1) is 19.5. The zero-order valence-corrected chi connectivity index (χ0v) is 15.4. The molecule has 22 heavy (non-hydrogen) atoms. The second-order valence-electron chi connectivity index (χ2n) is 6.90. The zero-order chi connectivity index (χ0) is 16.4. The SMILES string of the molecule is CCCCCC=C(N)C(C)N1CCOC1(C)CCCCCC. The third kappa shape index (κ3) is 5.92. The fourth-order valence-electron chi connectivity index (χ4n) is 3.40. The molecule has 0 saturated carbocycles. The molecule has 0 aliphatic carbocycles. The number of allylic oxidation sites excluding steroid dienone is 1. The highest BCUT2D eigenvalue weighted by atomic mass is 16.5. The van der Waals surface area contributed by atoms with E-state index in [1.807, 2.05) is 0 Å². The number of nitrogens with two attached hydrogens (primary N) is 1. The van der Waals surface area contributed by atoms with E-state index >= 15 is 0 Å². The van der Waals surface area contributed by atoms with Crippen molar-refractivity contribution in [2.24, 2.45) is 5.73 Å². The zero-order valence-electron chi connectivity index (χ0n) is 15.4. The Labute approximate surface area is 138 Å². The van der Waals surface area contributed by atoms with Gasteiger partial charge in [-0.2, -0.15) is 0 Å². The highest BCUT2D eigenvalue weighted by Gasteiger charge is 2.40. The van der Waals surface area contributed by atoms with E-state index in [2.05, 4.69) is 38.7 Å². The van der Waals surface area contributed by atoms with Crippen LogP contribution in [0.15, 0.2) is 11.8 Å². The summed E-state index contributed by atoms with van der Waals surface area (Å²) in [6.07, 6.45) is 13.4. The van der Waals surface area contributed by atoms with Crippen LogP contribution in [0.1, 0.15) is 85.5 Å². The molecule has 0 aromatic rings. The molecule has 1 fully saturated rings. The van der Waals surface area contributed by atoms with Crippen LogP contribution in [0.2, 0.25) is 0 Å². The van der Waals surface area contributed by atoms with E-state index in [4.69, 9.17) is 10.5 Å². The predicted molar refractivity (Wildman–Crippen MR) is 95.7 cm³/mol. The van der Waals surface area contributed by atoms with E-state index in [0.717, 1.165) is 31.7 Å². The Morgan fingerprint density at radius 2 is 1.86 bits per heavy atom. The van der Waals surface area contributed by atoms with E-state index in [-0.39, 0.29) is 11.8 Å². The molecule has 130 valence electrons. The van der Waals surface area contributed by atoms with Gasteiger partial charge < -0.3 is 10.5 Å². The number of hydrogen-bond acceptors (Lipinski definition) is 3. The Bertz CT molecular complexity index is 329. The van der Waals surface area contributed by atoms with Crippen molar-refractivity contribution in [2.75, 3.05) is 13.2 Å². The van der Waals surface area contributed by atoms with Gasteiger partial charge in [0.2, 0.25) is 0 Å². The summed E-state index contributed by atoms with van der Waals surface area (Å²) in [5, 5.41) is 0. The summed E-state index contributed by atoms with van der Waals surface area (Å²) in [5.41, 5.74) is 7.23. The molecule has 2 unspecified atom stereocenters. The standard InChI is InChI=1S/C19H38N2O/c1-5-7-9-11-13-18(20)17(3)21-15-16-22-19(21,4)14-12-10-8-6-2/h13,17H,5-12,14-16,20H2,1-4H3. The number of nitrogens with zero attached hydrogens (tertiary/aromatic N) is 1. The average Bonchev–Trinajstić information content (AvgIpc) is 2.89. The Kier molecular flexibility index (Phi) is 9.11. The Morgan fingerprint density at radius 1 is 1.18 bits per heavy atom. The van der Waals surface area contributed by atoms with Crippen molar-refractivity contribution in [3.8, 4) is 0 Å². The van der Waals surface area contributed by atoms with E-state index in [0.29, 0.717) is 0 Å². The van der Waals surface area contributed by atoms with E-state index in [1.165, 1.54) is 44.9 Å². The summed E-state index contributed by atoms with van der Waals surface area (Å²) in [6, 6.07) is 0.278. The highest BCUT2D eigenvalue weighted by molar-refractivity contribution is 5.08. The van der Waals surface area contributed by atoms with Gasteiger partial charge in [-0.25, -0.2) is 0 Å². The smallest absolute Gasteiger partial charge is 0.119 e. The molecule has 0 spiro atoms. The molecular weight excluding hydrogens is 272 g/mol. The summed E-state index contributed by atoms with van der Waals surface area (Å²) < 4.78 is 6.09. The van der Waals surface area contributed by atoms with Gasteiger partial charge >= 0.3 is 0 Å². The highest BCUT2D eigenvalue weighted by Crippen LogP contribution is 2.32. The first-order chi connectivity index (χ1) is 10.5. The fourth-order valence-corrected chi connectivity index (χ4v) is 3.40. The third-order valence-electron chi connectivity index (χ3n) is 4.98. The molecular formula is C19H38N2O. The molecule has 3 heteroatoms. The number of hydrogen-bond donors (Lipinski definition) is 1. The lowest BCUT2D eigenvalue weighted by Crippen LogP contribution is -2.49. The van der Waals surface area contributed by atoms with Crippen LogP contribution >= 0.6 is 0 Å². The lowest BCUT2D eigenvalue weighted by molar-refractivity contribution is -0.0832. The largest absolute Gasteiger partial charge is 0.401 e. The van der Waals surface area contributed by atoms with Crippen LogP contribution in [0.5, 0.6) is 0 Å². The van der Waals surface area contributed by atoms with Crippen molar-refractivity contribution < 1.29 is 4.74 Å². The molecule has 1 aliphatic heterocycles. The van der Waals surface area contributed by atoms with Crippen LogP contribution in [0.3, 0.4) is 0 Å². The molecule has 1 saturated heterocycles. The number of rotatable bonds is 11. The van der Waals surface area contributed by atoms with Gasteiger partial charge in [0.1, 0.15) is 5.72 Å². The second-order valence-corrected chi connectivity index (χ2v) is 6.90. The van der Waals surface area contributed by atoms with Gasteiger partial charge in [-0.05, 0) is 39.5 Å². The minimum atomic E-state index is -0.130. The molecule has 3 nitrogen and oxygen atoms in total. The van der Waals surface area contributed by atoms with Gasteiger partial charge in [0.15, 0.2) is 0 Å². The Balaban J connectivity index is 2.52. The summed E-state index contributed by atoms with van der Waals surface area (Å²) in [4.78, 5) is 2.46.